The van der Waals surface area contributed by atoms with Gasteiger partial charge in [0.2, 0.25) is 0 Å². The lowest BCUT2D eigenvalue weighted by molar-refractivity contribution is 0.182. The molecule has 0 saturated carbocycles. The van der Waals surface area contributed by atoms with Gasteiger partial charge >= 0.3 is 0 Å². The van der Waals surface area contributed by atoms with Crippen LogP contribution in [0.2, 0.25) is 0 Å². The van der Waals surface area contributed by atoms with Gasteiger partial charge in [0, 0.05) is 18.6 Å². The normalized spacial score (nSPS) is 35.8. The van der Waals surface area contributed by atoms with Crippen molar-refractivity contribution in [3.8, 4) is 0 Å². The van der Waals surface area contributed by atoms with Gasteiger partial charge in [0.05, 0.1) is 0 Å². The van der Waals surface area contributed by atoms with Crippen molar-refractivity contribution in [1.82, 2.24) is 10.2 Å². The third-order valence-electron chi connectivity index (χ3n) is 3.55. The van der Waals surface area contributed by atoms with Gasteiger partial charge in [-0.15, -0.1) is 0 Å². The quantitative estimate of drug-likeness (QED) is 0.713. The minimum Gasteiger partial charge on any atom is -0.315 e. The van der Waals surface area contributed by atoms with E-state index in [0.29, 0.717) is 0 Å². The van der Waals surface area contributed by atoms with E-state index < -0.39 is 0 Å². The summed E-state index contributed by atoms with van der Waals surface area (Å²) in [6.45, 7) is 6.14. The second kappa shape index (κ2) is 4.43. The Morgan fingerprint density at radius 2 is 2.31 bits per heavy atom. The fourth-order valence-corrected chi connectivity index (χ4v) is 2.90. The number of likely N-dealkylation sites (tertiary alicyclic amines) is 1. The average Bonchev–Trinajstić information content (AvgIpc) is 2.71. The van der Waals surface area contributed by atoms with Crippen LogP contribution in [-0.4, -0.2) is 36.6 Å². The highest BCUT2D eigenvalue weighted by Crippen LogP contribution is 2.25. The standard InChI is InChI=1S/C11H22N2/c1-2-4-10-5-3-8-13(10)11-6-7-12-9-11/h10-12H,2-9H2,1H3. The molecule has 0 amide bonds. The summed E-state index contributed by atoms with van der Waals surface area (Å²) in [5, 5.41) is 3.47. The number of hydrogen-bond acceptors (Lipinski definition) is 2. The predicted octanol–water partition coefficient (Wildman–Crippen LogP) is 1.61. The van der Waals surface area contributed by atoms with Gasteiger partial charge in [0.15, 0.2) is 0 Å². The maximum atomic E-state index is 3.47. The molecule has 0 aromatic carbocycles. The van der Waals surface area contributed by atoms with Gasteiger partial charge in [-0.3, -0.25) is 4.90 Å². The molecule has 76 valence electrons. The van der Waals surface area contributed by atoms with E-state index in [4.69, 9.17) is 0 Å². The molecule has 2 unspecified atom stereocenters. The van der Waals surface area contributed by atoms with Crippen molar-refractivity contribution in [3.63, 3.8) is 0 Å². The van der Waals surface area contributed by atoms with E-state index in [-0.39, 0.29) is 0 Å². The van der Waals surface area contributed by atoms with Gasteiger partial charge in [0.1, 0.15) is 0 Å². The van der Waals surface area contributed by atoms with Crippen molar-refractivity contribution in [1.29, 1.82) is 0 Å². The highest BCUT2D eigenvalue weighted by Gasteiger charge is 2.31. The largest absolute Gasteiger partial charge is 0.315 e. The second-order valence-electron chi connectivity index (χ2n) is 4.47. The molecule has 0 spiro atoms. The van der Waals surface area contributed by atoms with E-state index in [0.717, 1.165) is 12.1 Å². The Balaban J connectivity index is 1.88. The first-order valence-corrected chi connectivity index (χ1v) is 5.88. The molecular formula is C11H22N2. The molecule has 2 nitrogen and oxygen atoms in total. The van der Waals surface area contributed by atoms with E-state index in [1.54, 1.807) is 0 Å². The zero-order valence-corrected chi connectivity index (χ0v) is 8.76. The van der Waals surface area contributed by atoms with Crippen LogP contribution in [0.15, 0.2) is 0 Å². The SMILES string of the molecule is CCCC1CCCN1C1CCNC1. The summed E-state index contributed by atoms with van der Waals surface area (Å²) in [6, 6.07) is 1.77. The molecule has 1 N–H and O–H groups in total. The van der Waals surface area contributed by atoms with E-state index in [9.17, 15) is 0 Å². The van der Waals surface area contributed by atoms with Gasteiger partial charge in [-0.05, 0) is 38.8 Å². The summed E-state index contributed by atoms with van der Waals surface area (Å²) in [5.74, 6) is 0. The van der Waals surface area contributed by atoms with Crippen LogP contribution in [0.5, 0.6) is 0 Å². The molecule has 0 radical (unpaired) electrons. The molecule has 0 aromatic heterocycles. The Labute approximate surface area is 81.7 Å². The first-order valence-electron chi connectivity index (χ1n) is 5.88. The molecule has 0 bridgehead atoms. The van der Waals surface area contributed by atoms with Crippen LogP contribution < -0.4 is 5.32 Å². The third kappa shape index (κ3) is 2.05. The van der Waals surface area contributed by atoms with Gasteiger partial charge in [-0.1, -0.05) is 13.3 Å². The highest BCUT2D eigenvalue weighted by atomic mass is 15.2. The summed E-state index contributed by atoms with van der Waals surface area (Å²) >= 11 is 0. The zero-order chi connectivity index (χ0) is 9.10. The van der Waals surface area contributed by atoms with Crippen LogP contribution in [-0.2, 0) is 0 Å². The molecule has 2 heteroatoms. The topological polar surface area (TPSA) is 15.3 Å². The summed E-state index contributed by atoms with van der Waals surface area (Å²) in [4.78, 5) is 2.77. The van der Waals surface area contributed by atoms with E-state index in [1.165, 1.54) is 51.7 Å². The van der Waals surface area contributed by atoms with Gasteiger partial charge in [-0.2, -0.15) is 0 Å². The second-order valence-corrected chi connectivity index (χ2v) is 4.47. The molecule has 2 atom stereocenters. The van der Waals surface area contributed by atoms with Crippen LogP contribution in [0.25, 0.3) is 0 Å². The van der Waals surface area contributed by atoms with E-state index in [2.05, 4.69) is 17.1 Å². The highest BCUT2D eigenvalue weighted by molar-refractivity contribution is 4.88. The van der Waals surface area contributed by atoms with E-state index in [1.807, 2.05) is 0 Å². The van der Waals surface area contributed by atoms with Crippen LogP contribution in [0.3, 0.4) is 0 Å². The lowest BCUT2D eigenvalue weighted by Gasteiger charge is -2.29. The van der Waals surface area contributed by atoms with Crippen LogP contribution >= 0.6 is 0 Å². The monoisotopic (exact) mass is 182 g/mol. The first-order chi connectivity index (χ1) is 6.42. The number of hydrogen-bond donors (Lipinski definition) is 1. The number of nitrogens with one attached hydrogen (secondary N) is 1. The molecular weight excluding hydrogens is 160 g/mol. The van der Waals surface area contributed by atoms with Gasteiger partial charge < -0.3 is 5.32 Å². The summed E-state index contributed by atoms with van der Waals surface area (Å²) in [6.07, 6.45) is 7.02. The molecule has 0 aliphatic carbocycles. The van der Waals surface area contributed by atoms with Crippen molar-refractivity contribution in [2.75, 3.05) is 19.6 Å². The van der Waals surface area contributed by atoms with Crippen molar-refractivity contribution in [2.24, 2.45) is 0 Å². The molecule has 2 fully saturated rings. The Hall–Kier alpha value is -0.0800. The number of nitrogens with zero attached hydrogens (tertiary/aromatic N) is 1. The maximum absolute atomic E-state index is 3.47. The molecule has 2 heterocycles. The Morgan fingerprint density at radius 1 is 1.38 bits per heavy atom. The minimum absolute atomic E-state index is 0.860. The molecule has 2 aliphatic heterocycles. The van der Waals surface area contributed by atoms with E-state index >= 15 is 0 Å². The summed E-state index contributed by atoms with van der Waals surface area (Å²) in [5.41, 5.74) is 0. The molecule has 2 rings (SSSR count). The molecule has 0 aromatic rings. The van der Waals surface area contributed by atoms with Gasteiger partial charge in [0.25, 0.3) is 0 Å². The Bertz CT molecular complexity index is 152. The van der Waals surface area contributed by atoms with Crippen LogP contribution in [0.1, 0.15) is 39.0 Å². The smallest absolute Gasteiger partial charge is 0.0235 e. The van der Waals surface area contributed by atoms with Crippen molar-refractivity contribution in [3.05, 3.63) is 0 Å². The van der Waals surface area contributed by atoms with Crippen molar-refractivity contribution < 1.29 is 0 Å². The zero-order valence-electron chi connectivity index (χ0n) is 8.76. The van der Waals surface area contributed by atoms with Gasteiger partial charge in [-0.25, -0.2) is 0 Å². The Morgan fingerprint density at radius 3 is 3.00 bits per heavy atom. The Kier molecular flexibility index (Phi) is 3.23. The predicted molar refractivity (Wildman–Crippen MR) is 55.9 cm³/mol. The van der Waals surface area contributed by atoms with Crippen LogP contribution in [0, 0.1) is 0 Å². The fraction of sp³-hybridized carbons (Fsp3) is 1.00. The molecule has 13 heavy (non-hydrogen) atoms. The van der Waals surface area contributed by atoms with Crippen molar-refractivity contribution in [2.45, 2.75) is 51.1 Å². The third-order valence-corrected chi connectivity index (χ3v) is 3.55. The first kappa shape index (κ1) is 9.47. The minimum atomic E-state index is 0.860. The average molecular weight is 182 g/mol. The summed E-state index contributed by atoms with van der Waals surface area (Å²) in [7, 11) is 0. The van der Waals surface area contributed by atoms with Crippen LogP contribution in [0.4, 0.5) is 0 Å². The summed E-state index contributed by atoms with van der Waals surface area (Å²) < 4.78 is 0. The lowest BCUT2D eigenvalue weighted by atomic mass is 10.1. The van der Waals surface area contributed by atoms with Crippen molar-refractivity contribution >= 4 is 0 Å². The number of rotatable bonds is 3. The fourth-order valence-electron chi connectivity index (χ4n) is 2.90. The maximum Gasteiger partial charge on any atom is 0.0235 e. The lowest BCUT2D eigenvalue weighted by Crippen LogP contribution is -2.40. The molecule has 2 aliphatic rings. The molecule has 2 saturated heterocycles.